The molecule has 18 heavy (non-hydrogen) atoms. The zero-order valence-electron chi connectivity index (χ0n) is 8.29. The Balaban J connectivity index is 3.64. The lowest BCUT2D eigenvalue weighted by Gasteiger charge is -2.16. The first-order chi connectivity index (χ1) is 7.96. The van der Waals surface area contributed by atoms with Crippen LogP contribution >= 0.6 is 11.6 Å². The second-order valence-electron chi connectivity index (χ2n) is 3.21. The lowest BCUT2D eigenvalue weighted by molar-refractivity contribution is -0.141. The number of rotatable bonds is 1. The number of primary amides is 1. The molecule has 0 bridgehead atoms. The molecule has 1 amide bonds. The Morgan fingerprint density at radius 1 is 1.00 bits per heavy atom. The molecular formula is C9H4ClF6NO. The predicted molar refractivity (Wildman–Crippen MR) is 50.0 cm³/mol. The van der Waals surface area contributed by atoms with Crippen molar-refractivity contribution in [1.82, 2.24) is 0 Å². The van der Waals surface area contributed by atoms with Crippen molar-refractivity contribution in [3.63, 3.8) is 0 Å². The highest BCUT2D eigenvalue weighted by atomic mass is 35.5. The molecule has 0 aromatic heterocycles. The van der Waals surface area contributed by atoms with Gasteiger partial charge in [-0.15, -0.1) is 0 Å². The number of nitrogens with two attached hydrogens (primary N) is 1. The third-order valence-electron chi connectivity index (χ3n) is 2.00. The van der Waals surface area contributed by atoms with Gasteiger partial charge in [-0.3, -0.25) is 4.79 Å². The zero-order valence-corrected chi connectivity index (χ0v) is 9.04. The molecule has 0 atom stereocenters. The summed E-state index contributed by atoms with van der Waals surface area (Å²) in [7, 11) is 0. The SMILES string of the molecule is NC(=O)c1c(C(F)(F)F)ccc(C(F)(F)F)c1Cl. The van der Waals surface area contributed by atoms with Crippen LogP contribution in [0.5, 0.6) is 0 Å². The Morgan fingerprint density at radius 3 is 1.72 bits per heavy atom. The maximum Gasteiger partial charge on any atom is 0.417 e. The number of halogens is 7. The summed E-state index contributed by atoms with van der Waals surface area (Å²) in [5.41, 5.74) is 0.0900. The van der Waals surface area contributed by atoms with Crippen LogP contribution in [0.1, 0.15) is 21.5 Å². The van der Waals surface area contributed by atoms with Crippen LogP contribution in [0, 0.1) is 0 Å². The standard InChI is InChI=1S/C9H4ClF6NO/c10-6-4(9(14,15)16)2-1-3(8(11,12)13)5(6)7(17)18/h1-2H,(H2,17,18). The van der Waals surface area contributed by atoms with Gasteiger partial charge >= 0.3 is 12.4 Å². The summed E-state index contributed by atoms with van der Waals surface area (Å²) in [6, 6.07) is 0.270. The summed E-state index contributed by atoms with van der Waals surface area (Å²) >= 11 is 5.18. The fourth-order valence-electron chi connectivity index (χ4n) is 1.27. The summed E-state index contributed by atoms with van der Waals surface area (Å²) in [6.07, 6.45) is -10.0. The lowest BCUT2D eigenvalue weighted by atomic mass is 10.0. The van der Waals surface area contributed by atoms with E-state index in [-0.39, 0.29) is 12.1 Å². The summed E-state index contributed by atoms with van der Waals surface area (Å²) in [5.74, 6) is -1.68. The fourth-order valence-corrected chi connectivity index (χ4v) is 1.64. The molecule has 0 fully saturated rings. The minimum atomic E-state index is -5.03. The summed E-state index contributed by atoms with van der Waals surface area (Å²) in [5, 5.41) is -1.36. The number of hydrogen-bond donors (Lipinski definition) is 1. The fraction of sp³-hybridized carbons (Fsp3) is 0.222. The van der Waals surface area contributed by atoms with E-state index in [0.29, 0.717) is 0 Å². The highest BCUT2D eigenvalue weighted by molar-refractivity contribution is 6.34. The number of alkyl halides is 6. The first-order valence-corrected chi connectivity index (χ1v) is 4.60. The van der Waals surface area contributed by atoms with Gasteiger partial charge in [0.25, 0.3) is 5.91 Å². The van der Waals surface area contributed by atoms with Crippen molar-refractivity contribution in [3.05, 3.63) is 33.8 Å². The molecule has 0 saturated carbocycles. The van der Waals surface area contributed by atoms with E-state index in [1.54, 1.807) is 0 Å². The van der Waals surface area contributed by atoms with Gasteiger partial charge < -0.3 is 5.73 Å². The number of hydrogen-bond acceptors (Lipinski definition) is 1. The second-order valence-corrected chi connectivity index (χ2v) is 3.59. The highest BCUT2D eigenvalue weighted by Crippen LogP contribution is 2.41. The van der Waals surface area contributed by atoms with Crippen LogP contribution in [0.3, 0.4) is 0 Å². The molecule has 100 valence electrons. The Morgan fingerprint density at radius 2 is 1.39 bits per heavy atom. The van der Waals surface area contributed by atoms with Gasteiger partial charge in [-0.25, -0.2) is 0 Å². The van der Waals surface area contributed by atoms with Crippen LogP contribution in [0.4, 0.5) is 26.3 Å². The van der Waals surface area contributed by atoms with Crippen molar-refractivity contribution in [2.45, 2.75) is 12.4 Å². The smallest absolute Gasteiger partial charge is 0.366 e. The average molecular weight is 292 g/mol. The first-order valence-electron chi connectivity index (χ1n) is 4.23. The quantitative estimate of drug-likeness (QED) is 0.791. The molecule has 1 aromatic carbocycles. The Labute approximate surface area is 101 Å². The van der Waals surface area contributed by atoms with Crippen LogP contribution < -0.4 is 5.73 Å². The van der Waals surface area contributed by atoms with Crippen LogP contribution in [0.2, 0.25) is 5.02 Å². The topological polar surface area (TPSA) is 43.1 Å². The highest BCUT2D eigenvalue weighted by Gasteiger charge is 2.41. The molecule has 0 aliphatic heterocycles. The van der Waals surface area contributed by atoms with E-state index >= 15 is 0 Å². The van der Waals surface area contributed by atoms with Crippen LogP contribution in [0.25, 0.3) is 0 Å². The molecule has 0 aliphatic carbocycles. The molecule has 0 unspecified atom stereocenters. The van der Waals surface area contributed by atoms with Crippen molar-refractivity contribution in [2.75, 3.05) is 0 Å². The Hall–Kier alpha value is -1.44. The average Bonchev–Trinajstić information content (AvgIpc) is 2.12. The molecule has 0 aliphatic rings. The van der Waals surface area contributed by atoms with Gasteiger partial charge in [-0.1, -0.05) is 11.6 Å². The molecule has 1 rings (SSSR count). The van der Waals surface area contributed by atoms with Crippen LogP contribution in [-0.2, 0) is 12.4 Å². The molecule has 0 radical (unpaired) electrons. The van der Waals surface area contributed by atoms with Crippen molar-refractivity contribution in [3.8, 4) is 0 Å². The summed E-state index contributed by atoms with van der Waals surface area (Å²) in [4.78, 5) is 10.8. The second kappa shape index (κ2) is 4.34. The van der Waals surface area contributed by atoms with Crippen molar-refractivity contribution < 1.29 is 31.1 Å². The number of benzene rings is 1. The van der Waals surface area contributed by atoms with E-state index in [2.05, 4.69) is 5.73 Å². The maximum atomic E-state index is 12.5. The zero-order chi connectivity index (χ0) is 14.3. The third-order valence-corrected chi connectivity index (χ3v) is 2.39. The van der Waals surface area contributed by atoms with Gasteiger partial charge in [0.2, 0.25) is 0 Å². The number of amides is 1. The van der Waals surface area contributed by atoms with Gasteiger partial charge in [0, 0.05) is 0 Å². The van der Waals surface area contributed by atoms with Gasteiger partial charge in [-0.2, -0.15) is 26.3 Å². The largest absolute Gasteiger partial charge is 0.417 e. The molecule has 0 spiro atoms. The molecule has 0 heterocycles. The van der Waals surface area contributed by atoms with Gasteiger partial charge in [0.05, 0.1) is 21.7 Å². The third kappa shape index (κ3) is 2.69. The van der Waals surface area contributed by atoms with Crippen molar-refractivity contribution in [1.29, 1.82) is 0 Å². The minimum absolute atomic E-state index is 0.120. The van der Waals surface area contributed by atoms with Gasteiger partial charge in [-0.05, 0) is 12.1 Å². The maximum absolute atomic E-state index is 12.5. The van der Waals surface area contributed by atoms with E-state index in [4.69, 9.17) is 11.6 Å². The Kier molecular flexibility index (Phi) is 3.53. The van der Waals surface area contributed by atoms with Gasteiger partial charge in [0.1, 0.15) is 0 Å². The van der Waals surface area contributed by atoms with Crippen molar-refractivity contribution in [2.24, 2.45) is 5.73 Å². The first kappa shape index (κ1) is 14.6. The number of carbonyl (C=O) groups excluding carboxylic acids is 1. The van der Waals surface area contributed by atoms with E-state index in [1.165, 1.54) is 0 Å². The minimum Gasteiger partial charge on any atom is -0.366 e. The molecule has 9 heteroatoms. The van der Waals surface area contributed by atoms with Crippen LogP contribution in [0.15, 0.2) is 12.1 Å². The van der Waals surface area contributed by atoms with E-state index in [0.717, 1.165) is 0 Å². The molecular weight excluding hydrogens is 288 g/mol. The van der Waals surface area contributed by atoms with E-state index in [1.807, 2.05) is 0 Å². The predicted octanol–water partition coefficient (Wildman–Crippen LogP) is 3.48. The van der Waals surface area contributed by atoms with Gasteiger partial charge in [0.15, 0.2) is 0 Å². The molecule has 0 saturated heterocycles. The van der Waals surface area contributed by atoms with Crippen LogP contribution in [-0.4, -0.2) is 5.91 Å². The number of carbonyl (C=O) groups is 1. The molecule has 2 N–H and O–H groups in total. The van der Waals surface area contributed by atoms with E-state index < -0.39 is 40.0 Å². The molecule has 1 aromatic rings. The van der Waals surface area contributed by atoms with E-state index in [9.17, 15) is 31.1 Å². The monoisotopic (exact) mass is 291 g/mol. The molecule has 2 nitrogen and oxygen atoms in total. The normalized spacial score (nSPS) is 12.6. The summed E-state index contributed by atoms with van der Waals surface area (Å²) < 4.78 is 74.6. The Bertz CT molecular complexity index is 493. The lowest BCUT2D eigenvalue weighted by Crippen LogP contribution is -2.21. The van der Waals surface area contributed by atoms with Crippen molar-refractivity contribution >= 4 is 17.5 Å². The summed E-state index contributed by atoms with van der Waals surface area (Å²) in [6.45, 7) is 0.